The molecular formula is C15H16O2. The molecule has 0 heterocycles. The van der Waals surface area contributed by atoms with E-state index < -0.39 is 65.3 Å². The first-order valence-corrected chi connectivity index (χ1v) is 4.95. The van der Waals surface area contributed by atoms with Gasteiger partial charge in [-0.1, -0.05) is 44.1 Å². The number of phenolic OH excluding ortho intramolecular Hbond substituents is 2. The van der Waals surface area contributed by atoms with E-state index >= 15 is 0 Å². The van der Waals surface area contributed by atoms with Gasteiger partial charge in [0.25, 0.3) is 0 Å². The Bertz CT molecular complexity index is 763. The molecule has 0 bridgehead atoms. The Hall–Kier alpha value is -1.96. The van der Waals surface area contributed by atoms with Gasteiger partial charge in [0.15, 0.2) is 0 Å². The first-order valence-electron chi connectivity index (χ1n) is 8.95. The van der Waals surface area contributed by atoms with Gasteiger partial charge in [-0.3, -0.25) is 0 Å². The fourth-order valence-corrected chi connectivity index (χ4v) is 1.50. The summed E-state index contributed by atoms with van der Waals surface area (Å²) in [6.07, 6.45) is 0. The Morgan fingerprint density at radius 2 is 1.53 bits per heavy atom. The molecule has 2 N–H and O–H groups in total. The monoisotopic (exact) mass is 236 g/mol. The number of hydrogen-bond acceptors (Lipinski definition) is 2. The minimum absolute atomic E-state index is 0.194. The molecule has 88 valence electrons. The summed E-state index contributed by atoms with van der Waals surface area (Å²) in [4.78, 5) is 0. The van der Waals surface area contributed by atoms with Gasteiger partial charge in [0, 0.05) is 11.0 Å². The third-order valence-electron chi connectivity index (χ3n) is 2.53. The lowest BCUT2D eigenvalue weighted by Crippen LogP contribution is -2.18. The molecule has 0 atom stereocenters. The third kappa shape index (κ3) is 2.11. The van der Waals surface area contributed by atoms with Gasteiger partial charge in [-0.05, 0) is 23.7 Å². The van der Waals surface area contributed by atoms with Crippen molar-refractivity contribution in [1.82, 2.24) is 0 Å². The Kier molecular flexibility index (Phi) is 1.25. The first kappa shape index (κ1) is 5.13. The summed E-state index contributed by atoms with van der Waals surface area (Å²) < 4.78 is 62.7. The number of hydrogen-bond donors (Lipinski definition) is 2. The molecule has 2 aromatic carbocycles. The van der Waals surface area contributed by atoms with Crippen molar-refractivity contribution in [2.45, 2.75) is 19.3 Å². The molecule has 2 heteroatoms. The van der Waals surface area contributed by atoms with Crippen molar-refractivity contribution in [3.05, 3.63) is 59.5 Å². The maximum atomic E-state index is 10.3. The van der Waals surface area contributed by atoms with Gasteiger partial charge in [0.2, 0.25) is 0 Å². The van der Waals surface area contributed by atoms with Crippen LogP contribution in [0.3, 0.4) is 0 Å². The lowest BCUT2D eigenvalue weighted by Gasteiger charge is -2.26. The van der Waals surface area contributed by atoms with Crippen LogP contribution in [0.4, 0.5) is 0 Å². The van der Waals surface area contributed by atoms with Crippen LogP contribution >= 0.6 is 0 Å². The van der Waals surface area contributed by atoms with Crippen molar-refractivity contribution in [3.63, 3.8) is 0 Å². The van der Waals surface area contributed by atoms with E-state index in [4.69, 9.17) is 11.0 Å². The van der Waals surface area contributed by atoms with E-state index in [2.05, 4.69) is 0 Å². The van der Waals surface area contributed by atoms with E-state index in [0.29, 0.717) is 0 Å². The van der Waals surface area contributed by atoms with E-state index in [1.807, 2.05) is 0 Å². The zero-order chi connectivity index (χ0) is 19.4. The number of para-hydroxylation sites is 1. The molecule has 0 aromatic heterocycles. The highest BCUT2D eigenvalue weighted by Crippen LogP contribution is 2.36. The number of phenols is 2. The lowest BCUT2D eigenvalue weighted by molar-refractivity contribution is 0.452. The standard InChI is InChI=1S/C15H16O2/c1-15(2,11-7-9-12(16)10-8-11)13-5-3-4-6-14(13)17/h3-10,16-17H,1-2H3/i3D,4D,5D,6D,7D,8D,9D,10D. The van der Waals surface area contributed by atoms with Gasteiger partial charge < -0.3 is 10.2 Å². The average Bonchev–Trinajstić information content (AvgIpc) is 2.54. The molecule has 2 nitrogen and oxygen atoms in total. The first-order chi connectivity index (χ1) is 11.4. The number of rotatable bonds is 2. The molecule has 2 aromatic rings. The van der Waals surface area contributed by atoms with E-state index in [1.54, 1.807) is 0 Å². The molecule has 2 rings (SSSR count). The summed E-state index contributed by atoms with van der Waals surface area (Å²) in [5.74, 6) is -1.53. The van der Waals surface area contributed by atoms with Gasteiger partial charge in [-0.15, -0.1) is 0 Å². The molecule has 0 radical (unpaired) electrons. The Balaban J connectivity index is 2.96. The molecule has 0 saturated carbocycles. The van der Waals surface area contributed by atoms with E-state index in [-0.39, 0.29) is 11.1 Å². The smallest absolute Gasteiger partial charge is 0.119 e. The predicted octanol–water partition coefficient (Wildman–Crippen LogP) is 3.42. The molecule has 17 heavy (non-hydrogen) atoms. The minimum atomic E-state index is -1.49. The van der Waals surface area contributed by atoms with Gasteiger partial charge in [0.05, 0.1) is 11.0 Å². The van der Waals surface area contributed by atoms with Crippen LogP contribution in [-0.2, 0) is 5.41 Å². The van der Waals surface area contributed by atoms with Crippen molar-refractivity contribution >= 4 is 0 Å². The second-order valence-corrected chi connectivity index (χ2v) is 4.07. The highest BCUT2D eigenvalue weighted by Gasteiger charge is 2.25. The maximum Gasteiger partial charge on any atom is 0.119 e. The highest BCUT2D eigenvalue weighted by molar-refractivity contribution is 5.45. The Morgan fingerprint density at radius 1 is 0.941 bits per heavy atom. The summed E-state index contributed by atoms with van der Waals surface area (Å²) in [6.45, 7) is 2.84. The van der Waals surface area contributed by atoms with Crippen LogP contribution in [0.5, 0.6) is 11.5 Å². The van der Waals surface area contributed by atoms with Crippen LogP contribution in [0.25, 0.3) is 0 Å². The van der Waals surface area contributed by atoms with Crippen molar-refractivity contribution in [2.75, 3.05) is 0 Å². The normalized spacial score (nSPS) is 18.0. The predicted molar refractivity (Wildman–Crippen MR) is 68.3 cm³/mol. The van der Waals surface area contributed by atoms with Crippen LogP contribution in [0.15, 0.2) is 48.3 Å². The van der Waals surface area contributed by atoms with Gasteiger partial charge in [0.1, 0.15) is 11.5 Å². The van der Waals surface area contributed by atoms with Crippen molar-refractivity contribution in [2.24, 2.45) is 0 Å². The van der Waals surface area contributed by atoms with Crippen LogP contribution in [-0.4, -0.2) is 10.2 Å². The fraction of sp³-hybridized carbons (Fsp3) is 0.200. The van der Waals surface area contributed by atoms with Crippen molar-refractivity contribution in [3.8, 4) is 11.5 Å². The third-order valence-corrected chi connectivity index (χ3v) is 2.53. The lowest BCUT2D eigenvalue weighted by atomic mass is 9.78. The largest absolute Gasteiger partial charge is 0.508 e. The molecule has 0 saturated heterocycles. The van der Waals surface area contributed by atoms with Crippen LogP contribution in [0.1, 0.15) is 35.9 Å². The second-order valence-electron chi connectivity index (χ2n) is 4.07. The zero-order valence-electron chi connectivity index (χ0n) is 17.4. The van der Waals surface area contributed by atoms with Crippen LogP contribution in [0, 0.1) is 0 Å². The SMILES string of the molecule is [2H]c1c([2H])c([2H])c(C(C)(C)c2c([2H])c([2H])c(O)c([2H])c2[2H])c(O)c1[2H]. The van der Waals surface area contributed by atoms with E-state index in [9.17, 15) is 10.2 Å². The van der Waals surface area contributed by atoms with Gasteiger partial charge >= 0.3 is 0 Å². The topological polar surface area (TPSA) is 40.5 Å². The molecule has 0 spiro atoms. The molecule has 0 amide bonds. The van der Waals surface area contributed by atoms with Crippen molar-refractivity contribution in [1.29, 1.82) is 0 Å². The molecule has 0 fully saturated rings. The van der Waals surface area contributed by atoms with Gasteiger partial charge in [-0.25, -0.2) is 0 Å². The second kappa shape index (κ2) is 4.13. The van der Waals surface area contributed by atoms with E-state index in [0.717, 1.165) is 0 Å². The van der Waals surface area contributed by atoms with Crippen molar-refractivity contribution < 1.29 is 21.2 Å². The van der Waals surface area contributed by atoms with E-state index in [1.165, 1.54) is 13.8 Å². The molecule has 0 aliphatic carbocycles. The Labute approximate surface area is 112 Å². The summed E-state index contributed by atoms with van der Waals surface area (Å²) in [5, 5.41) is 20.0. The molecule has 0 aliphatic rings. The quantitative estimate of drug-likeness (QED) is 0.838. The van der Waals surface area contributed by atoms with Crippen LogP contribution < -0.4 is 0 Å². The maximum absolute atomic E-state index is 10.3. The number of aromatic hydroxyl groups is 2. The molecular weight excluding hydrogens is 212 g/mol. The van der Waals surface area contributed by atoms with Gasteiger partial charge in [-0.2, -0.15) is 0 Å². The summed E-state index contributed by atoms with van der Waals surface area (Å²) in [7, 11) is 0. The highest BCUT2D eigenvalue weighted by atomic mass is 16.3. The average molecular weight is 236 g/mol. The summed E-state index contributed by atoms with van der Waals surface area (Å²) >= 11 is 0. The molecule has 0 aliphatic heterocycles. The summed E-state index contributed by atoms with van der Waals surface area (Å²) in [5.41, 5.74) is -1.93. The summed E-state index contributed by atoms with van der Waals surface area (Å²) in [6, 6.07) is -4.81. The zero-order valence-corrected chi connectivity index (χ0v) is 9.39. The van der Waals surface area contributed by atoms with Crippen LogP contribution in [0.2, 0.25) is 0 Å². The Morgan fingerprint density at radius 3 is 2.18 bits per heavy atom. The minimum Gasteiger partial charge on any atom is -0.508 e. The number of benzene rings is 2. The fourth-order valence-electron chi connectivity index (χ4n) is 1.50. The molecule has 0 unspecified atom stereocenters.